The molecule has 0 aromatic rings. The Morgan fingerprint density at radius 1 is 0.893 bits per heavy atom. The molecule has 2 aliphatic rings. The molecule has 8 heteroatoms. The van der Waals surface area contributed by atoms with E-state index in [1.807, 2.05) is 0 Å². The predicted octanol–water partition coefficient (Wildman–Crippen LogP) is 3.58. The van der Waals surface area contributed by atoms with Crippen molar-refractivity contribution in [3.63, 3.8) is 0 Å². The molecule has 0 saturated heterocycles. The SMILES string of the molecule is CCCC[N+](CCCC)(CCCC)CCCC.NC1=NC2=NN=NC2C(=O)N1. The summed E-state index contributed by atoms with van der Waals surface area (Å²) < 4.78 is 1.42. The Hall–Kier alpha value is -1.83. The molecule has 1 atom stereocenters. The molecule has 3 N–H and O–H groups in total. The molecule has 1 unspecified atom stereocenters. The van der Waals surface area contributed by atoms with Crippen molar-refractivity contribution in [2.24, 2.45) is 26.2 Å². The third-order valence-electron chi connectivity index (χ3n) is 5.24. The molecule has 160 valence electrons. The van der Waals surface area contributed by atoms with Crippen LogP contribution < -0.4 is 11.1 Å². The Bertz CT molecular complexity index is 519. The number of carbonyl (C=O) groups is 1. The number of nitrogens with one attached hydrogen (secondary N) is 1. The van der Waals surface area contributed by atoms with Gasteiger partial charge in [0.1, 0.15) is 0 Å². The normalized spacial score (nSPS) is 18.0. The van der Waals surface area contributed by atoms with Gasteiger partial charge in [0.2, 0.25) is 12.0 Å². The fourth-order valence-corrected chi connectivity index (χ4v) is 3.47. The van der Waals surface area contributed by atoms with E-state index in [9.17, 15) is 4.79 Å². The van der Waals surface area contributed by atoms with Crippen molar-refractivity contribution in [1.82, 2.24) is 5.32 Å². The Balaban J connectivity index is 0.000000302. The van der Waals surface area contributed by atoms with Gasteiger partial charge in [-0.2, -0.15) is 4.99 Å². The summed E-state index contributed by atoms with van der Waals surface area (Å²) in [6.45, 7) is 15.0. The number of amides is 1. The largest absolute Gasteiger partial charge is 0.369 e. The van der Waals surface area contributed by atoms with Gasteiger partial charge in [-0.05, 0) is 30.9 Å². The van der Waals surface area contributed by atoms with Crippen LogP contribution >= 0.6 is 0 Å². The lowest BCUT2D eigenvalue weighted by Gasteiger charge is -2.39. The summed E-state index contributed by atoms with van der Waals surface area (Å²) in [6.07, 6.45) is 11.1. The number of fused-ring (bicyclic) bond motifs is 1. The molecule has 0 radical (unpaired) electrons. The number of carbonyl (C=O) groups excluding carboxylic acids is 1. The molecule has 0 saturated carbocycles. The highest BCUT2D eigenvalue weighted by Gasteiger charge is 2.32. The standard InChI is InChI=1S/C16H36N.C4H4N6O/c1-5-9-13-17(14-10-6-2,15-11-7-3)16-12-8-4;5-4-6-2-1(3(11)7-4)8-10-9-2/h5-16H2,1-4H3;1H,(H3,5,6,7,8,9,11)/q+1;. The number of nitrogens with zero attached hydrogens (tertiary/aromatic N) is 5. The van der Waals surface area contributed by atoms with Gasteiger partial charge in [-0.1, -0.05) is 53.4 Å². The van der Waals surface area contributed by atoms with E-state index in [2.05, 4.69) is 53.4 Å². The quantitative estimate of drug-likeness (QED) is 0.494. The molecular formula is C20H40N7O+. The van der Waals surface area contributed by atoms with E-state index in [1.165, 1.54) is 82.0 Å². The minimum atomic E-state index is -0.692. The minimum Gasteiger partial charge on any atom is -0.369 e. The van der Waals surface area contributed by atoms with Crippen molar-refractivity contribution in [3.05, 3.63) is 0 Å². The monoisotopic (exact) mass is 394 g/mol. The van der Waals surface area contributed by atoms with Crippen molar-refractivity contribution >= 4 is 17.7 Å². The average molecular weight is 395 g/mol. The predicted molar refractivity (Wildman–Crippen MR) is 115 cm³/mol. The molecule has 0 bridgehead atoms. The number of aliphatic imine (C=N–C) groups is 1. The van der Waals surface area contributed by atoms with Crippen LogP contribution in [0.5, 0.6) is 0 Å². The zero-order chi connectivity index (χ0) is 20.8. The lowest BCUT2D eigenvalue weighted by molar-refractivity contribution is -0.929. The average Bonchev–Trinajstić information content (AvgIpc) is 3.16. The Morgan fingerprint density at radius 2 is 1.36 bits per heavy atom. The van der Waals surface area contributed by atoms with E-state index in [-0.39, 0.29) is 17.7 Å². The van der Waals surface area contributed by atoms with Gasteiger partial charge in [0.05, 0.1) is 26.2 Å². The lowest BCUT2D eigenvalue weighted by atomic mass is 10.1. The van der Waals surface area contributed by atoms with Crippen LogP contribution in [0.15, 0.2) is 20.4 Å². The molecule has 0 aromatic carbocycles. The number of rotatable bonds is 12. The summed E-state index contributed by atoms with van der Waals surface area (Å²) in [5.41, 5.74) is 5.24. The smallest absolute Gasteiger partial charge is 0.261 e. The van der Waals surface area contributed by atoms with Crippen LogP contribution in [-0.2, 0) is 4.79 Å². The molecule has 28 heavy (non-hydrogen) atoms. The number of nitrogens with two attached hydrogens (primary N) is 1. The van der Waals surface area contributed by atoms with E-state index < -0.39 is 6.04 Å². The Labute approximate surface area is 170 Å². The molecule has 0 fully saturated rings. The van der Waals surface area contributed by atoms with Gasteiger partial charge in [-0.3, -0.25) is 10.1 Å². The van der Waals surface area contributed by atoms with Gasteiger partial charge in [0.25, 0.3) is 5.91 Å². The van der Waals surface area contributed by atoms with Crippen molar-refractivity contribution < 1.29 is 9.28 Å². The van der Waals surface area contributed by atoms with Crippen LogP contribution in [0.2, 0.25) is 0 Å². The lowest BCUT2D eigenvalue weighted by Crippen LogP contribution is -2.50. The van der Waals surface area contributed by atoms with Gasteiger partial charge < -0.3 is 10.2 Å². The molecule has 8 nitrogen and oxygen atoms in total. The van der Waals surface area contributed by atoms with Crippen LogP contribution in [0.1, 0.15) is 79.1 Å². The summed E-state index contributed by atoms with van der Waals surface area (Å²) in [4.78, 5) is 14.7. The van der Waals surface area contributed by atoms with Crippen LogP contribution in [0.3, 0.4) is 0 Å². The maximum absolute atomic E-state index is 11.0. The van der Waals surface area contributed by atoms with E-state index in [1.54, 1.807) is 0 Å². The maximum Gasteiger partial charge on any atom is 0.261 e. The zero-order valence-electron chi connectivity index (χ0n) is 18.3. The van der Waals surface area contributed by atoms with Crippen molar-refractivity contribution in [2.45, 2.75) is 85.1 Å². The van der Waals surface area contributed by atoms with Crippen LogP contribution in [0, 0.1) is 0 Å². The Morgan fingerprint density at radius 3 is 1.79 bits per heavy atom. The zero-order valence-corrected chi connectivity index (χ0v) is 18.3. The van der Waals surface area contributed by atoms with Gasteiger partial charge >= 0.3 is 0 Å². The third-order valence-corrected chi connectivity index (χ3v) is 5.24. The molecule has 2 heterocycles. The summed E-state index contributed by atoms with van der Waals surface area (Å²) >= 11 is 0. The van der Waals surface area contributed by atoms with Crippen molar-refractivity contribution in [1.29, 1.82) is 0 Å². The highest BCUT2D eigenvalue weighted by atomic mass is 16.2. The van der Waals surface area contributed by atoms with Crippen molar-refractivity contribution in [3.8, 4) is 0 Å². The number of guanidine groups is 1. The number of quaternary nitrogens is 1. The first kappa shape index (κ1) is 24.2. The second kappa shape index (κ2) is 13.4. The van der Waals surface area contributed by atoms with E-state index >= 15 is 0 Å². The van der Waals surface area contributed by atoms with Gasteiger partial charge in [0.15, 0.2) is 5.84 Å². The number of hydrogen-bond donors (Lipinski definition) is 2. The molecule has 1 amide bonds. The van der Waals surface area contributed by atoms with Crippen LogP contribution in [0.25, 0.3) is 0 Å². The molecule has 0 aromatic heterocycles. The fourth-order valence-electron chi connectivity index (χ4n) is 3.47. The molecule has 2 rings (SSSR count). The summed E-state index contributed by atoms with van der Waals surface area (Å²) in [5.74, 6) is -0.0407. The van der Waals surface area contributed by atoms with E-state index in [4.69, 9.17) is 5.73 Å². The topological polar surface area (TPSA) is 105 Å². The van der Waals surface area contributed by atoms with Crippen LogP contribution in [0.4, 0.5) is 0 Å². The van der Waals surface area contributed by atoms with Crippen LogP contribution in [-0.4, -0.2) is 54.4 Å². The number of unbranched alkanes of at least 4 members (excludes halogenated alkanes) is 4. The van der Waals surface area contributed by atoms with E-state index in [0.29, 0.717) is 0 Å². The van der Waals surface area contributed by atoms with Gasteiger partial charge in [0, 0.05) is 0 Å². The third kappa shape index (κ3) is 8.04. The molecule has 2 aliphatic heterocycles. The first-order chi connectivity index (χ1) is 13.5. The summed E-state index contributed by atoms with van der Waals surface area (Å²) in [5, 5.41) is 12.6. The van der Waals surface area contributed by atoms with Crippen molar-refractivity contribution in [2.75, 3.05) is 26.2 Å². The summed E-state index contributed by atoms with van der Waals surface area (Å²) in [6, 6.07) is -0.692. The highest BCUT2D eigenvalue weighted by molar-refractivity contribution is 6.19. The number of hydrogen-bond acceptors (Lipinski definition) is 6. The first-order valence-corrected chi connectivity index (χ1v) is 11.0. The Kier molecular flexibility index (Phi) is 11.6. The first-order valence-electron chi connectivity index (χ1n) is 11.0. The maximum atomic E-state index is 11.0. The second-order valence-electron chi connectivity index (χ2n) is 7.70. The van der Waals surface area contributed by atoms with Gasteiger partial charge in [-0.25, -0.2) is 0 Å². The molecule has 0 aliphatic carbocycles. The van der Waals surface area contributed by atoms with Gasteiger partial charge in [-0.15, -0.1) is 10.2 Å². The fraction of sp³-hybridized carbons (Fsp3) is 0.850. The minimum absolute atomic E-state index is 0.0392. The highest BCUT2D eigenvalue weighted by Crippen LogP contribution is 2.16. The van der Waals surface area contributed by atoms with E-state index in [0.717, 1.165) is 0 Å². The number of amidine groups is 1. The molecular weight excluding hydrogens is 354 g/mol. The molecule has 0 spiro atoms. The second-order valence-corrected chi connectivity index (χ2v) is 7.70. The summed E-state index contributed by atoms with van der Waals surface area (Å²) in [7, 11) is 0.